The molecule has 0 aliphatic carbocycles. The van der Waals surface area contributed by atoms with Gasteiger partial charge in [0.2, 0.25) is 11.8 Å². The first-order chi connectivity index (χ1) is 8.63. The van der Waals surface area contributed by atoms with Crippen molar-refractivity contribution < 1.29 is 14.3 Å². The molecular weight excluding hydrogens is 234 g/mol. The average molecular weight is 251 g/mol. The lowest BCUT2D eigenvalue weighted by molar-refractivity contribution is -0.120. The molecule has 1 aromatic rings. The molecule has 2 amide bonds. The summed E-state index contributed by atoms with van der Waals surface area (Å²) in [4.78, 5) is 22.4. The Bertz CT molecular complexity index is 421. The number of hydrogen-bond acceptors (Lipinski definition) is 4. The summed E-state index contributed by atoms with van der Waals surface area (Å²) in [5, 5.41) is 2.66. The lowest BCUT2D eigenvalue weighted by atomic mass is 10.1. The lowest BCUT2D eigenvalue weighted by Gasteiger charge is -2.10. The Hall–Kier alpha value is -1.92. The first kappa shape index (κ1) is 14.1. The van der Waals surface area contributed by atoms with Gasteiger partial charge in [-0.25, -0.2) is 0 Å². The van der Waals surface area contributed by atoms with E-state index < -0.39 is 5.91 Å². The Kier molecular flexibility index (Phi) is 5.83. The van der Waals surface area contributed by atoms with Gasteiger partial charge in [0, 0.05) is 12.2 Å². The van der Waals surface area contributed by atoms with Crippen LogP contribution in [-0.4, -0.2) is 31.6 Å². The molecule has 18 heavy (non-hydrogen) atoms. The Balaban J connectivity index is 2.60. The van der Waals surface area contributed by atoms with Gasteiger partial charge in [-0.05, 0) is 11.6 Å². The van der Waals surface area contributed by atoms with E-state index in [-0.39, 0.29) is 18.9 Å². The molecule has 0 saturated heterocycles. The first-order valence-electron chi connectivity index (χ1n) is 5.57. The lowest BCUT2D eigenvalue weighted by Crippen LogP contribution is -2.22. The highest BCUT2D eigenvalue weighted by atomic mass is 16.5. The van der Waals surface area contributed by atoms with Crippen LogP contribution in [-0.2, 0) is 20.7 Å². The summed E-state index contributed by atoms with van der Waals surface area (Å²) in [6, 6.07) is 6.99. The second-order valence-corrected chi connectivity index (χ2v) is 3.69. The second-order valence-electron chi connectivity index (χ2n) is 3.69. The van der Waals surface area contributed by atoms with E-state index in [1.54, 1.807) is 24.3 Å². The zero-order valence-corrected chi connectivity index (χ0v) is 10.0. The van der Waals surface area contributed by atoms with E-state index in [1.807, 2.05) is 0 Å². The smallest absolute Gasteiger partial charge is 0.250 e. The van der Waals surface area contributed by atoms with E-state index >= 15 is 0 Å². The summed E-state index contributed by atoms with van der Waals surface area (Å²) in [6.45, 7) is 0.629. The van der Waals surface area contributed by atoms with Crippen molar-refractivity contribution in [1.82, 2.24) is 0 Å². The van der Waals surface area contributed by atoms with Gasteiger partial charge in [0.1, 0.15) is 6.61 Å². The third kappa shape index (κ3) is 4.94. The van der Waals surface area contributed by atoms with Gasteiger partial charge in [-0.3, -0.25) is 9.59 Å². The van der Waals surface area contributed by atoms with Gasteiger partial charge in [-0.15, -0.1) is 0 Å². The summed E-state index contributed by atoms with van der Waals surface area (Å²) in [6.07, 6.45) is 0.0834. The third-order valence-electron chi connectivity index (χ3n) is 2.15. The number of carbonyl (C=O) groups excluding carboxylic acids is 2. The van der Waals surface area contributed by atoms with E-state index in [1.165, 1.54) is 0 Å². The molecule has 5 N–H and O–H groups in total. The molecule has 0 aliphatic rings. The number of hydrogen-bond donors (Lipinski definition) is 3. The molecule has 0 heterocycles. The van der Waals surface area contributed by atoms with Gasteiger partial charge in [-0.2, -0.15) is 0 Å². The number of ether oxygens (including phenoxy) is 1. The summed E-state index contributed by atoms with van der Waals surface area (Å²) < 4.78 is 5.01. The van der Waals surface area contributed by atoms with Crippen LogP contribution in [0.1, 0.15) is 5.56 Å². The van der Waals surface area contributed by atoms with E-state index in [0.29, 0.717) is 24.4 Å². The highest BCUT2D eigenvalue weighted by molar-refractivity contribution is 5.93. The molecule has 0 aliphatic heterocycles. The van der Waals surface area contributed by atoms with Gasteiger partial charge in [0.25, 0.3) is 0 Å². The predicted molar refractivity (Wildman–Crippen MR) is 67.8 cm³/mol. The average Bonchev–Trinajstić information content (AvgIpc) is 2.31. The van der Waals surface area contributed by atoms with Crippen molar-refractivity contribution >= 4 is 17.5 Å². The van der Waals surface area contributed by atoms with Crippen molar-refractivity contribution in [3.05, 3.63) is 29.8 Å². The van der Waals surface area contributed by atoms with Crippen molar-refractivity contribution in [1.29, 1.82) is 0 Å². The monoisotopic (exact) mass is 251 g/mol. The van der Waals surface area contributed by atoms with Crippen molar-refractivity contribution in [2.24, 2.45) is 11.5 Å². The maximum atomic E-state index is 11.5. The van der Waals surface area contributed by atoms with E-state index in [0.717, 1.165) is 0 Å². The largest absolute Gasteiger partial charge is 0.370 e. The molecule has 0 aromatic heterocycles. The Morgan fingerprint density at radius 2 is 2.00 bits per heavy atom. The normalized spacial score (nSPS) is 10.1. The van der Waals surface area contributed by atoms with Gasteiger partial charge in [0.15, 0.2) is 0 Å². The predicted octanol–water partition coefficient (Wildman–Crippen LogP) is -0.372. The van der Waals surface area contributed by atoms with Crippen LogP contribution in [0.4, 0.5) is 5.69 Å². The van der Waals surface area contributed by atoms with Crippen LogP contribution in [0.25, 0.3) is 0 Å². The number of primary amides is 1. The maximum absolute atomic E-state index is 11.5. The third-order valence-corrected chi connectivity index (χ3v) is 2.15. The molecular formula is C12H17N3O3. The molecule has 1 rings (SSSR count). The number of para-hydroxylation sites is 1. The number of nitrogens with two attached hydrogens (primary N) is 2. The fourth-order valence-corrected chi connectivity index (χ4v) is 1.42. The number of carbonyl (C=O) groups is 2. The van der Waals surface area contributed by atoms with Gasteiger partial charge < -0.3 is 21.5 Å². The van der Waals surface area contributed by atoms with Crippen molar-refractivity contribution in [3.63, 3.8) is 0 Å². The number of amides is 2. The fourth-order valence-electron chi connectivity index (χ4n) is 1.42. The number of rotatable bonds is 7. The molecule has 6 heteroatoms. The summed E-state index contributed by atoms with van der Waals surface area (Å²) in [5.41, 5.74) is 11.6. The molecule has 98 valence electrons. The van der Waals surface area contributed by atoms with Crippen LogP contribution in [0, 0.1) is 0 Å². The molecule has 1 aromatic carbocycles. The molecule has 0 atom stereocenters. The highest BCUT2D eigenvalue weighted by Gasteiger charge is 2.08. The quantitative estimate of drug-likeness (QED) is 0.574. The zero-order valence-electron chi connectivity index (χ0n) is 10.0. The molecule has 0 fully saturated rings. The zero-order chi connectivity index (χ0) is 13.4. The van der Waals surface area contributed by atoms with E-state index in [4.69, 9.17) is 16.2 Å². The summed E-state index contributed by atoms with van der Waals surface area (Å²) in [5.74, 6) is -0.739. The maximum Gasteiger partial charge on any atom is 0.250 e. The van der Waals surface area contributed by atoms with Gasteiger partial charge >= 0.3 is 0 Å². The van der Waals surface area contributed by atoms with Crippen molar-refractivity contribution in [2.45, 2.75) is 6.42 Å². The van der Waals surface area contributed by atoms with Crippen molar-refractivity contribution in [3.8, 4) is 0 Å². The Morgan fingerprint density at radius 1 is 1.28 bits per heavy atom. The Morgan fingerprint density at radius 3 is 2.67 bits per heavy atom. The molecule has 0 saturated carbocycles. The van der Waals surface area contributed by atoms with Crippen LogP contribution in [0.2, 0.25) is 0 Å². The van der Waals surface area contributed by atoms with Crippen molar-refractivity contribution in [2.75, 3.05) is 25.1 Å². The van der Waals surface area contributed by atoms with Crippen LogP contribution in [0.3, 0.4) is 0 Å². The van der Waals surface area contributed by atoms with Crippen LogP contribution >= 0.6 is 0 Å². The fraction of sp³-hybridized carbons (Fsp3) is 0.333. The molecule has 0 spiro atoms. The standard InChI is InChI=1S/C12H17N3O3/c13-5-6-18-8-12(17)15-10-4-2-1-3-9(10)7-11(14)16/h1-4H,5-8,13H2,(H2,14,16)(H,15,17). The summed E-state index contributed by atoms with van der Waals surface area (Å²) >= 11 is 0. The molecule has 0 unspecified atom stereocenters. The molecule has 0 radical (unpaired) electrons. The number of anilines is 1. The second kappa shape index (κ2) is 7.41. The minimum absolute atomic E-state index is 0.0674. The van der Waals surface area contributed by atoms with Crippen LogP contribution in [0.5, 0.6) is 0 Å². The Labute approximate surface area is 105 Å². The minimum atomic E-state index is -0.448. The van der Waals surface area contributed by atoms with E-state index in [2.05, 4.69) is 5.32 Å². The molecule has 0 bridgehead atoms. The number of nitrogens with one attached hydrogen (secondary N) is 1. The molecule has 6 nitrogen and oxygen atoms in total. The summed E-state index contributed by atoms with van der Waals surface area (Å²) in [7, 11) is 0. The van der Waals surface area contributed by atoms with Crippen LogP contribution < -0.4 is 16.8 Å². The first-order valence-corrected chi connectivity index (χ1v) is 5.57. The van der Waals surface area contributed by atoms with Crippen LogP contribution in [0.15, 0.2) is 24.3 Å². The minimum Gasteiger partial charge on any atom is -0.370 e. The SMILES string of the molecule is NCCOCC(=O)Nc1ccccc1CC(N)=O. The number of benzene rings is 1. The topological polar surface area (TPSA) is 107 Å². The van der Waals surface area contributed by atoms with Gasteiger partial charge in [-0.1, -0.05) is 18.2 Å². The van der Waals surface area contributed by atoms with E-state index in [9.17, 15) is 9.59 Å². The highest BCUT2D eigenvalue weighted by Crippen LogP contribution is 2.15. The van der Waals surface area contributed by atoms with Gasteiger partial charge in [0.05, 0.1) is 13.0 Å².